The van der Waals surface area contributed by atoms with Crippen LogP contribution in [0.2, 0.25) is 5.02 Å². The second-order valence-electron chi connectivity index (χ2n) is 4.25. The first-order valence-corrected chi connectivity index (χ1v) is 6.27. The minimum atomic E-state index is 0.166. The van der Waals surface area contributed by atoms with Crippen molar-refractivity contribution < 1.29 is 0 Å². The van der Waals surface area contributed by atoms with Crippen LogP contribution in [0.15, 0.2) is 36.7 Å². The molecule has 2 aromatic rings. The van der Waals surface area contributed by atoms with Gasteiger partial charge in [0.2, 0.25) is 0 Å². The number of nitrogens with one attached hydrogen (secondary N) is 1. The van der Waals surface area contributed by atoms with Crippen LogP contribution in [0, 0.1) is 6.92 Å². The van der Waals surface area contributed by atoms with E-state index in [2.05, 4.69) is 15.3 Å². The van der Waals surface area contributed by atoms with Gasteiger partial charge in [-0.3, -0.25) is 9.97 Å². The molecule has 18 heavy (non-hydrogen) atoms. The van der Waals surface area contributed by atoms with E-state index in [0.717, 1.165) is 22.8 Å². The number of aromatic nitrogens is 2. The van der Waals surface area contributed by atoms with Crippen molar-refractivity contribution in [3.05, 3.63) is 58.6 Å². The maximum absolute atomic E-state index is 5.88. The molecule has 0 radical (unpaired) electrons. The lowest BCUT2D eigenvalue weighted by molar-refractivity contribution is 0.572. The number of aryl methyl sites for hydroxylation is 1. The van der Waals surface area contributed by atoms with Crippen molar-refractivity contribution in [2.24, 2.45) is 0 Å². The average Bonchev–Trinajstić information content (AvgIpc) is 2.39. The van der Waals surface area contributed by atoms with E-state index in [9.17, 15) is 0 Å². The van der Waals surface area contributed by atoms with E-state index >= 15 is 0 Å². The molecule has 0 spiro atoms. The zero-order valence-electron chi connectivity index (χ0n) is 10.5. The van der Waals surface area contributed by atoms with Gasteiger partial charge in [0.05, 0.1) is 23.6 Å². The Hall–Kier alpha value is -1.45. The van der Waals surface area contributed by atoms with E-state index in [1.165, 1.54) is 5.56 Å². The first kappa shape index (κ1) is 13.0. The summed E-state index contributed by atoms with van der Waals surface area (Å²) >= 11 is 5.88. The van der Waals surface area contributed by atoms with Crippen LogP contribution in [0.3, 0.4) is 0 Å². The molecule has 1 unspecified atom stereocenters. The third-order valence-corrected chi connectivity index (χ3v) is 3.11. The highest BCUT2D eigenvalue weighted by molar-refractivity contribution is 6.30. The van der Waals surface area contributed by atoms with Crippen LogP contribution >= 0.6 is 11.6 Å². The lowest BCUT2D eigenvalue weighted by atomic mass is 10.0. The summed E-state index contributed by atoms with van der Waals surface area (Å²) in [7, 11) is 1.93. The number of rotatable bonds is 4. The summed E-state index contributed by atoms with van der Waals surface area (Å²) in [5.74, 6) is 0. The van der Waals surface area contributed by atoms with Crippen LogP contribution in [-0.4, -0.2) is 17.0 Å². The molecule has 1 aromatic carbocycles. The molecule has 0 aliphatic rings. The lowest BCUT2D eigenvalue weighted by Crippen LogP contribution is -2.20. The van der Waals surface area contributed by atoms with E-state index in [0.29, 0.717) is 0 Å². The van der Waals surface area contributed by atoms with Gasteiger partial charge in [-0.05, 0) is 38.1 Å². The molecule has 94 valence electrons. The van der Waals surface area contributed by atoms with Crippen molar-refractivity contribution >= 4 is 11.6 Å². The summed E-state index contributed by atoms with van der Waals surface area (Å²) in [6.45, 7) is 1.93. The first-order valence-electron chi connectivity index (χ1n) is 5.89. The topological polar surface area (TPSA) is 37.8 Å². The highest BCUT2D eigenvalue weighted by Gasteiger charge is 2.11. The van der Waals surface area contributed by atoms with E-state index < -0.39 is 0 Å². The summed E-state index contributed by atoms with van der Waals surface area (Å²) in [5.41, 5.74) is 3.11. The Balaban J connectivity index is 2.14. The van der Waals surface area contributed by atoms with Gasteiger partial charge in [0.1, 0.15) is 0 Å². The largest absolute Gasteiger partial charge is 0.311 e. The maximum Gasteiger partial charge on any atom is 0.0759 e. The number of hydrogen-bond acceptors (Lipinski definition) is 3. The average molecular weight is 262 g/mol. The van der Waals surface area contributed by atoms with Gasteiger partial charge in [0, 0.05) is 11.2 Å². The SMILES string of the molecule is CNC(Cc1ccc(Cl)cc1)c1cnc(C)cn1. The molecule has 0 bridgehead atoms. The number of halogens is 1. The molecule has 0 amide bonds. The van der Waals surface area contributed by atoms with Gasteiger partial charge >= 0.3 is 0 Å². The fraction of sp³-hybridized carbons (Fsp3) is 0.286. The van der Waals surface area contributed by atoms with Crippen molar-refractivity contribution in [2.75, 3.05) is 7.05 Å². The molecule has 1 atom stereocenters. The number of likely N-dealkylation sites (N-methyl/N-ethyl adjacent to an activating group) is 1. The van der Waals surface area contributed by atoms with Crippen molar-refractivity contribution in [1.82, 2.24) is 15.3 Å². The maximum atomic E-state index is 5.88. The standard InChI is InChI=1S/C14H16ClN3/c1-10-8-18-14(9-17-10)13(16-2)7-11-3-5-12(15)6-4-11/h3-6,8-9,13,16H,7H2,1-2H3. The zero-order valence-corrected chi connectivity index (χ0v) is 11.3. The third kappa shape index (κ3) is 3.28. The van der Waals surface area contributed by atoms with Gasteiger partial charge in [0.15, 0.2) is 0 Å². The van der Waals surface area contributed by atoms with Crippen LogP contribution in [0.25, 0.3) is 0 Å². The predicted octanol–water partition coefficient (Wildman–Crippen LogP) is 2.94. The number of benzene rings is 1. The summed E-state index contributed by atoms with van der Waals surface area (Å²) in [6, 6.07) is 8.05. The summed E-state index contributed by atoms with van der Waals surface area (Å²) < 4.78 is 0. The van der Waals surface area contributed by atoms with E-state index in [4.69, 9.17) is 11.6 Å². The van der Waals surface area contributed by atoms with Gasteiger partial charge in [-0.2, -0.15) is 0 Å². The van der Waals surface area contributed by atoms with E-state index in [1.807, 2.05) is 44.4 Å². The Morgan fingerprint density at radius 2 is 1.89 bits per heavy atom. The van der Waals surface area contributed by atoms with Crippen molar-refractivity contribution in [3.8, 4) is 0 Å². The minimum Gasteiger partial charge on any atom is -0.311 e. The summed E-state index contributed by atoms with van der Waals surface area (Å²) in [6.07, 6.45) is 4.49. The van der Waals surface area contributed by atoms with Gasteiger partial charge in [-0.15, -0.1) is 0 Å². The van der Waals surface area contributed by atoms with Crippen LogP contribution in [0.5, 0.6) is 0 Å². The van der Waals surface area contributed by atoms with Gasteiger partial charge in [-0.25, -0.2) is 0 Å². The lowest BCUT2D eigenvalue weighted by Gasteiger charge is -2.15. The van der Waals surface area contributed by atoms with Gasteiger partial charge in [-0.1, -0.05) is 23.7 Å². The zero-order chi connectivity index (χ0) is 13.0. The third-order valence-electron chi connectivity index (χ3n) is 2.86. The molecule has 0 fully saturated rings. The monoisotopic (exact) mass is 261 g/mol. The van der Waals surface area contributed by atoms with Crippen LogP contribution in [0.4, 0.5) is 0 Å². The molecule has 0 aliphatic heterocycles. The molecule has 0 saturated heterocycles. The normalized spacial score (nSPS) is 12.4. The fourth-order valence-corrected chi connectivity index (χ4v) is 1.92. The van der Waals surface area contributed by atoms with Gasteiger partial charge < -0.3 is 5.32 Å². The Kier molecular flexibility index (Phi) is 4.28. The predicted molar refractivity (Wildman–Crippen MR) is 73.7 cm³/mol. The Morgan fingerprint density at radius 3 is 2.44 bits per heavy atom. The van der Waals surface area contributed by atoms with Crippen LogP contribution in [0.1, 0.15) is 23.0 Å². The second-order valence-corrected chi connectivity index (χ2v) is 4.69. The van der Waals surface area contributed by atoms with Crippen LogP contribution < -0.4 is 5.32 Å². The summed E-state index contributed by atoms with van der Waals surface area (Å²) in [5, 5.41) is 4.02. The first-order chi connectivity index (χ1) is 8.69. The molecule has 3 nitrogen and oxygen atoms in total. The van der Waals surface area contributed by atoms with E-state index in [-0.39, 0.29) is 6.04 Å². The highest BCUT2D eigenvalue weighted by Crippen LogP contribution is 2.17. The quantitative estimate of drug-likeness (QED) is 0.920. The molecule has 0 aliphatic carbocycles. The molecular weight excluding hydrogens is 246 g/mol. The summed E-state index contributed by atoms with van der Waals surface area (Å²) in [4.78, 5) is 8.69. The molecular formula is C14H16ClN3. The van der Waals surface area contributed by atoms with Gasteiger partial charge in [0.25, 0.3) is 0 Å². The second kappa shape index (κ2) is 5.94. The Bertz CT molecular complexity index is 493. The molecule has 1 aromatic heterocycles. The smallest absolute Gasteiger partial charge is 0.0759 e. The number of hydrogen-bond donors (Lipinski definition) is 1. The fourth-order valence-electron chi connectivity index (χ4n) is 1.79. The van der Waals surface area contributed by atoms with Crippen molar-refractivity contribution in [1.29, 1.82) is 0 Å². The van der Waals surface area contributed by atoms with Crippen molar-refractivity contribution in [2.45, 2.75) is 19.4 Å². The highest BCUT2D eigenvalue weighted by atomic mass is 35.5. The molecule has 1 N–H and O–H groups in total. The molecule has 2 rings (SSSR count). The molecule has 4 heteroatoms. The van der Waals surface area contributed by atoms with E-state index in [1.54, 1.807) is 6.20 Å². The number of nitrogens with zero attached hydrogens (tertiary/aromatic N) is 2. The van der Waals surface area contributed by atoms with Crippen LogP contribution in [-0.2, 0) is 6.42 Å². The molecule has 1 heterocycles. The Morgan fingerprint density at radius 1 is 1.17 bits per heavy atom. The Labute approximate surface area is 112 Å². The molecule has 0 saturated carbocycles. The minimum absolute atomic E-state index is 0.166. The van der Waals surface area contributed by atoms with Crippen molar-refractivity contribution in [3.63, 3.8) is 0 Å².